The number of amides is 1. The lowest BCUT2D eigenvalue weighted by Crippen LogP contribution is -2.43. The molecule has 1 aromatic carbocycles. The Bertz CT molecular complexity index is 759. The topological polar surface area (TPSA) is 58.1 Å². The van der Waals surface area contributed by atoms with Gasteiger partial charge in [0.15, 0.2) is 5.82 Å². The van der Waals surface area contributed by atoms with Gasteiger partial charge < -0.3 is 10.2 Å². The lowest BCUT2D eigenvalue weighted by atomic mass is 9.97. The minimum Gasteiger partial charge on any atom is -0.356 e. The van der Waals surface area contributed by atoms with Crippen LogP contribution < -0.4 is 10.2 Å². The molecule has 150 valence electrons. The van der Waals surface area contributed by atoms with E-state index in [1.807, 2.05) is 18.2 Å². The molecule has 5 heteroatoms. The Balaban J connectivity index is 1.55. The highest BCUT2D eigenvalue weighted by Gasteiger charge is 2.26. The molecule has 1 saturated heterocycles. The van der Waals surface area contributed by atoms with Crippen LogP contribution in [0.4, 0.5) is 5.82 Å². The van der Waals surface area contributed by atoms with E-state index in [9.17, 15) is 4.79 Å². The summed E-state index contributed by atoms with van der Waals surface area (Å²) in [4.78, 5) is 14.7. The third-order valence-electron chi connectivity index (χ3n) is 5.41. The first-order chi connectivity index (χ1) is 13.7. The van der Waals surface area contributed by atoms with Crippen molar-refractivity contribution in [2.24, 2.45) is 5.92 Å². The molecule has 2 aromatic rings. The van der Waals surface area contributed by atoms with Crippen molar-refractivity contribution in [2.75, 3.05) is 24.5 Å². The summed E-state index contributed by atoms with van der Waals surface area (Å²) < 4.78 is 0. The quantitative estimate of drug-likeness (QED) is 0.691. The number of rotatable bonds is 8. The van der Waals surface area contributed by atoms with Crippen LogP contribution >= 0.6 is 0 Å². The van der Waals surface area contributed by atoms with Crippen molar-refractivity contribution < 1.29 is 4.79 Å². The number of piperidine rings is 1. The minimum atomic E-state index is 0.0400. The third-order valence-corrected chi connectivity index (χ3v) is 5.41. The molecule has 1 amide bonds. The largest absolute Gasteiger partial charge is 0.356 e. The van der Waals surface area contributed by atoms with E-state index in [0.717, 1.165) is 56.0 Å². The average Bonchev–Trinajstić information content (AvgIpc) is 2.74. The van der Waals surface area contributed by atoms with Crippen LogP contribution in [0.5, 0.6) is 0 Å². The zero-order chi connectivity index (χ0) is 19.8. The first kappa shape index (κ1) is 20.3. The van der Waals surface area contributed by atoms with Crippen molar-refractivity contribution >= 4 is 11.7 Å². The van der Waals surface area contributed by atoms with Gasteiger partial charge in [0.05, 0.1) is 11.6 Å². The molecular weight excluding hydrogens is 348 g/mol. The molecule has 1 atom stereocenters. The summed E-state index contributed by atoms with van der Waals surface area (Å²) in [6.07, 6.45) is 6.68. The van der Waals surface area contributed by atoms with Crippen LogP contribution in [0.2, 0.25) is 0 Å². The molecular formula is C23H32N4O. The van der Waals surface area contributed by atoms with E-state index in [4.69, 9.17) is 0 Å². The van der Waals surface area contributed by atoms with Crippen LogP contribution in [0.3, 0.4) is 0 Å². The van der Waals surface area contributed by atoms with Crippen LogP contribution in [0.1, 0.15) is 51.0 Å². The summed E-state index contributed by atoms with van der Waals surface area (Å²) in [5, 5.41) is 12.0. The Morgan fingerprint density at radius 3 is 2.82 bits per heavy atom. The lowest BCUT2D eigenvalue weighted by molar-refractivity contribution is -0.125. The van der Waals surface area contributed by atoms with Crippen molar-refractivity contribution in [3.8, 4) is 11.3 Å². The number of nitrogens with zero attached hydrogens (tertiary/aromatic N) is 3. The van der Waals surface area contributed by atoms with Gasteiger partial charge in [0.25, 0.3) is 0 Å². The summed E-state index contributed by atoms with van der Waals surface area (Å²) >= 11 is 0. The predicted molar refractivity (Wildman–Crippen MR) is 114 cm³/mol. The van der Waals surface area contributed by atoms with Gasteiger partial charge in [0.2, 0.25) is 5.91 Å². The highest BCUT2D eigenvalue weighted by Crippen LogP contribution is 2.24. The molecule has 5 nitrogen and oxygen atoms in total. The van der Waals surface area contributed by atoms with Gasteiger partial charge in [0.1, 0.15) is 0 Å². The number of carbonyl (C=O) groups is 1. The minimum absolute atomic E-state index is 0.0400. The Morgan fingerprint density at radius 2 is 2.07 bits per heavy atom. The average molecular weight is 381 g/mol. The molecule has 3 rings (SSSR count). The molecule has 28 heavy (non-hydrogen) atoms. The molecule has 0 radical (unpaired) electrons. The maximum atomic E-state index is 12.5. The molecule has 1 N–H and O–H groups in total. The number of aryl methyl sites for hydroxylation is 1. The molecule has 1 fully saturated rings. The molecule has 1 aliphatic rings. The number of aromatic nitrogens is 2. The maximum absolute atomic E-state index is 12.5. The van der Waals surface area contributed by atoms with Crippen molar-refractivity contribution in [1.29, 1.82) is 0 Å². The zero-order valence-electron chi connectivity index (χ0n) is 17.2. The van der Waals surface area contributed by atoms with Crippen molar-refractivity contribution in [1.82, 2.24) is 15.5 Å². The van der Waals surface area contributed by atoms with E-state index in [0.29, 0.717) is 0 Å². The number of carbonyl (C=O) groups excluding carboxylic acids is 1. The number of nitrogens with one attached hydrogen (secondary N) is 1. The van der Waals surface area contributed by atoms with Crippen LogP contribution in [0.15, 0.2) is 36.4 Å². The van der Waals surface area contributed by atoms with Gasteiger partial charge in [-0.1, -0.05) is 49.9 Å². The fourth-order valence-electron chi connectivity index (χ4n) is 3.76. The fourth-order valence-corrected chi connectivity index (χ4v) is 3.76. The summed E-state index contributed by atoms with van der Waals surface area (Å²) in [6.45, 7) is 6.72. The van der Waals surface area contributed by atoms with Gasteiger partial charge in [-0.15, -0.1) is 10.2 Å². The Morgan fingerprint density at radius 1 is 1.18 bits per heavy atom. The van der Waals surface area contributed by atoms with Crippen LogP contribution in [-0.2, 0) is 4.79 Å². The third kappa shape index (κ3) is 5.54. The zero-order valence-corrected chi connectivity index (χ0v) is 17.2. The SMILES string of the molecule is CCCCCCNC(=O)C1CCCN(c2ccc(-c3cccc(C)c3)nn2)C1. The molecule has 2 heterocycles. The molecule has 1 aliphatic heterocycles. The van der Waals surface area contributed by atoms with E-state index in [1.165, 1.54) is 24.8 Å². The van der Waals surface area contributed by atoms with Gasteiger partial charge in [-0.2, -0.15) is 0 Å². The Labute approximate surface area is 168 Å². The van der Waals surface area contributed by atoms with E-state index in [-0.39, 0.29) is 11.8 Å². The van der Waals surface area contributed by atoms with Crippen LogP contribution in [0.25, 0.3) is 11.3 Å². The van der Waals surface area contributed by atoms with Crippen LogP contribution in [0, 0.1) is 12.8 Å². The second kappa shape index (κ2) is 10.2. The Hall–Kier alpha value is -2.43. The second-order valence-electron chi connectivity index (χ2n) is 7.78. The fraction of sp³-hybridized carbons (Fsp3) is 0.522. The standard InChI is InChI=1S/C23H32N4O/c1-3-4-5-6-14-24-23(28)20-11-8-15-27(17-20)22-13-12-21(25-26-22)19-10-7-9-18(2)16-19/h7,9-10,12-13,16,20H,3-6,8,11,14-15,17H2,1-2H3,(H,24,28). The van der Waals surface area contributed by atoms with E-state index < -0.39 is 0 Å². The summed E-state index contributed by atoms with van der Waals surface area (Å²) in [5.41, 5.74) is 3.17. The van der Waals surface area contributed by atoms with Crippen molar-refractivity contribution in [2.45, 2.75) is 52.4 Å². The van der Waals surface area contributed by atoms with Gasteiger partial charge in [-0.3, -0.25) is 4.79 Å². The molecule has 0 saturated carbocycles. The normalized spacial score (nSPS) is 16.8. The predicted octanol–water partition coefficient (Wildman–Crippen LogP) is 4.36. The summed E-state index contributed by atoms with van der Waals surface area (Å²) in [6, 6.07) is 12.3. The van der Waals surface area contributed by atoms with Crippen molar-refractivity contribution in [3.05, 3.63) is 42.0 Å². The highest BCUT2D eigenvalue weighted by atomic mass is 16.1. The number of hydrogen-bond acceptors (Lipinski definition) is 4. The number of hydrogen-bond donors (Lipinski definition) is 1. The molecule has 1 aromatic heterocycles. The molecule has 0 bridgehead atoms. The van der Waals surface area contributed by atoms with Crippen LogP contribution in [-0.4, -0.2) is 35.7 Å². The maximum Gasteiger partial charge on any atom is 0.224 e. The number of unbranched alkanes of at least 4 members (excludes halogenated alkanes) is 3. The Kier molecular flexibility index (Phi) is 7.40. The smallest absolute Gasteiger partial charge is 0.224 e. The highest BCUT2D eigenvalue weighted by molar-refractivity contribution is 5.79. The van der Waals surface area contributed by atoms with Gasteiger partial charge in [-0.25, -0.2) is 0 Å². The second-order valence-corrected chi connectivity index (χ2v) is 7.78. The molecule has 0 aliphatic carbocycles. The summed E-state index contributed by atoms with van der Waals surface area (Å²) in [7, 11) is 0. The van der Waals surface area contributed by atoms with Gasteiger partial charge in [0, 0.05) is 25.2 Å². The first-order valence-corrected chi connectivity index (χ1v) is 10.6. The van der Waals surface area contributed by atoms with E-state index in [2.05, 4.69) is 52.5 Å². The lowest BCUT2D eigenvalue weighted by Gasteiger charge is -2.32. The van der Waals surface area contributed by atoms with Crippen molar-refractivity contribution in [3.63, 3.8) is 0 Å². The number of benzene rings is 1. The van der Waals surface area contributed by atoms with E-state index in [1.54, 1.807) is 0 Å². The molecule has 0 spiro atoms. The first-order valence-electron chi connectivity index (χ1n) is 10.6. The van der Waals surface area contributed by atoms with E-state index >= 15 is 0 Å². The molecule has 1 unspecified atom stereocenters. The number of anilines is 1. The van der Waals surface area contributed by atoms with Gasteiger partial charge >= 0.3 is 0 Å². The monoisotopic (exact) mass is 380 g/mol. The summed E-state index contributed by atoms with van der Waals surface area (Å²) in [5.74, 6) is 1.08. The van der Waals surface area contributed by atoms with Gasteiger partial charge in [-0.05, 0) is 44.4 Å².